The predicted molar refractivity (Wildman–Crippen MR) is 79.6 cm³/mol. The molecule has 0 atom stereocenters. The van der Waals surface area contributed by atoms with Crippen LogP contribution in [0.4, 0.5) is 0 Å². The molecule has 20 heavy (non-hydrogen) atoms. The van der Waals surface area contributed by atoms with Crippen LogP contribution >= 0.6 is 22.9 Å². The fraction of sp³-hybridized carbons (Fsp3) is 0.0714. The summed E-state index contributed by atoms with van der Waals surface area (Å²) < 4.78 is 5.94. The van der Waals surface area contributed by atoms with E-state index in [0.29, 0.717) is 11.4 Å². The van der Waals surface area contributed by atoms with Gasteiger partial charge in [0.25, 0.3) is 5.24 Å². The van der Waals surface area contributed by atoms with Crippen LogP contribution in [0.2, 0.25) is 0 Å². The van der Waals surface area contributed by atoms with Gasteiger partial charge in [-0.25, -0.2) is 9.97 Å². The van der Waals surface area contributed by atoms with Crippen LogP contribution in [0, 0.1) is 0 Å². The third-order valence-corrected chi connectivity index (χ3v) is 4.09. The van der Waals surface area contributed by atoms with E-state index >= 15 is 0 Å². The van der Waals surface area contributed by atoms with Crippen molar-refractivity contribution in [3.05, 3.63) is 42.1 Å². The minimum atomic E-state index is -0.465. The van der Waals surface area contributed by atoms with Crippen LogP contribution < -0.4 is 4.74 Å². The van der Waals surface area contributed by atoms with Gasteiger partial charge in [-0.05, 0) is 35.9 Å². The first-order valence-electron chi connectivity index (χ1n) is 5.78. The van der Waals surface area contributed by atoms with Crippen molar-refractivity contribution in [2.45, 2.75) is 0 Å². The highest BCUT2D eigenvalue weighted by molar-refractivity contribution is 7.21. The summed E-state index contributed by atoms with van der Waals surface area (Å²) in [4.78, 5) is 19.8. The molecule has 3 rings (SSSR count). The lowest BCUT2D eigenvalue weighted by Crippen LogP contribution is -1.87. The molecular formula is C14H9ClN2O2S. The van der Waals surface area contributed by atoms with Gasteiger partial charge in [0.2, 0.25) is 5.88 Å². The number of aromatic nitrogens is 2. The highest BCUT2D eigenvalue weighted by Crippen LogP contribution is 2.31. The second-order valence-corrected chi connectivity index (χ2v) is 5.44. The average Bonchev–Trinajstić information content (AvgIpc) is 2.90. The summed E-state index contributed by atoms with van der Waals surface area (Å²) in [6.07, 6.45) is 1.71. The monoisotopic (exact) mass is 304 g/mol. The SMILES string of the molecule is COc1ccc(-c2nc3ccc(C(=O)Cl)cc3s2)cn1. The number of pyridine rings is 1. The number of rotatable bonds is 3. The Morgan fingerprint density at radius 2 is 2.15 bits per heavy atom. The highest BCUT2D eigenvalue weighted by atomic mass is 35.5. The molecule has 0 aliphatic heterocycles. The molecule has 0 fully saturated rings. The summed E-state index contributed by atoms with van der Waals surface area (Å²) in [6.45, 7) is 0. The molecular weight excluding hydrogens is 296 g/mol. The highest BCUT2D eigenvalue weighted by Gasteiger charge is 2.09. The molecule has 4 nitrogen and oxygen atoms in total. The molecule has 0 aliphatic rings. The second kappa shape index (κ2) is 5.19. The number of thiazole rings is 1. The summed E-state index contributed by atoms with van der Waals surface area (Å²) in [7, 11) is 1.57. The first-order chi connectivity index (χ1) is 9.67. The normalized spacial score (nSPS) is 10.7. The van der Waals surface area contributed by atoms with Gasteiger partial charge < -0.3 is 4.74 Å². The summed E-state index contributed by atoms with van der Waals surface area (Å²) in [6, 6.07) is 8.91. The molecule has 6 heteroatoms. The number of hydrogen-bond donors (Lipinski definition) is 0. The molecule has 2 heterocycles. The summed E-state index contributed by atoms with van der Waals surface area (Å²) >= 11 is 6.97. The quantitative estimate of drug-likeness (QED) is 0.692. The van der Waals surface area contributed by atoms with Gasteiger partial charge in [0.1, 0.15) is 5.01 Å². The molecule has 1 aromatic carbocycles. The van der Waals surface area contributed by atoms with Crippen molar-refractivity contribution in [2.24, 2.45) is 0 Å². The van der Waals surface area contributed by atoms with Gasteiger partial charge in [-0.3, -0.25) is 4.79 Å². The van der Waals surface area contributed by atoms with Crippen molar-refractivity contribution in [3.8, 4) is 16.5 Å². The average molecular weight is 305 g/mol. The number of methoxy groups -OCH3 is 1. The number of nitrogens with zero attached hydrogens (tertiary/aromatic N) is 2. The number of carbonyl (C=O) groups is 1. The van der Waals surface area contributed by atoms with Crippen LogP contribution in [0.5, 0.6) is 5.88 Å². The lowest BCUT2D eigenvalue weighted by molar-refractivity contribution is 0.108. The molecule has 2 aromatic heterocycles. The van der Waals surface area contributed by atoms with E-state index in [1.165, 1.54) is 11.3 Å². The van der Waals surface area contributed by atoms with Crippen LogP contribution in [-0.4, -0.2) is 22.3 Å². The van der Waals surface area contributed by atoms with E-state index in [9.17, 15) is 4.79 Å². The zero-order chi connectivity index (χ0) is 14.1. The third kappa shape index (κ3) is 2.37. The predicted octanol–water partition coefficient (Wildman–Crippen LogP) is 3.75. The molecule has 3 aromatic rings. The zero-order valence-electron chi connectivity index (χ0n) is 10.5. The van der Waals surface area contributed by atoms with Gasteiger partial charge in [-0.15, -0.1) is 11.3 Å². The molecule has 0 saturated heterocycles. The number of ether oxygens (including phenoxy) is 1. The number of benzene rings is 1. The van der Waals surface area contributed by atoms with Crippen molar-refractivity contribution in [2.75, 3.05) is 7.11 Å². The smallest absolute Gasteiger partial charge is 0.252 e. The number of fused-ring (bicyclic) bond motifs is 1. The van der Waals surface area contributed by atoms with Gasteiger partial charge in [-0.2, -0.15) is 0 Å². The van der Waals surface area contributed by atoms with E-state index in [4.69, 9.17) is 16.3 Å². The Morgan fingerprint density at radius 1 is 1.30 bits per heavy atom. The van der Waals surface area contributed by atoms with Gasteiger partial charge >= 0.3 is 0 Å². The third-order valence-electron chi connectivity index (χ3n) is 2.81. The standard InChI is InChI=1S/C14H9ClN2O2S/c1-19-12-5-3-9(7-16-12)14-17-10-4-2-8(13(15)18)6-11(10)20-14/h2-7H,1H3. The number of carbonyl (C=O) groups excluding carboxylic acids is 1. The van der Waals surface area contributed by atoms with Crippen LogP contribution in [0.1, 0.15) is 10.4 Å². The van der Waals surface area contributed by atoms with E-state index in [2.05, 4.69) is 9.97 Å². The topological polar surface area (TPSA) is 52.1 Å². The van der Waals surface area contributed by atoms with Gasteiger partial charge in [0.15, 0.2) is 0 Å². The van der Waals surface area contributed by atoms with Gasteiger partial charge in [-0.1, -0.05) is 0 Å². The second-order valence-electron chi connectivity index (χ2n) is 4.06. The summed E-state index contributed by atoms with van der Waals surface area (Å²) in [5, 5.41) is 0.377. The Labute approximate surface area is 124 Å². The lowest BCUT2D eigenvalue weighted by atomic mass is 10.2. The molecule has 0 saturated carbocycles. The Hall–Kier alpha value is -1.98. The fourth-order valence-corrected chi connectivity index (χ4v) is 2.91. The minimum absolute atomic E-state index is 0.465. The van der Waals surface area contributed by atoms with E-state index in [1.807, 2.05) is 6.07 Å². The van der Waals surface area contributed by atoms with Crippen LogP contribution in [0.3, 0.4) is 0 Å². The lowest BCUT2D eigenvalue weighted by Gasteiger charge is -1.98. The summed E-state index contributed by atoms with van der Waals surface area (Å²) in [5.74, 6) is 0.560. The van der Waals surface area contributed by atoms with E-state index in [0.717, 1.165) is 20.8 Å². The van der Waals surface area contributed by atoms with Gasteiger partial charge in [0, 0.05) is 23.4 Å². The number of hydrogen-bond acceptors (Lipinski definition) is 5. The molecule has 100 valence electrons. The molecule has 0 unspecified atom stereocenters. The molecule has 0 radical (unpaired) electrons. The largest absolute Gasteiger partial charge is 0.481 e. The van der Waals surface area contributed by atoms with Crippen molar-refractivity contribution in [1.29, 1.82) is 0 Å². The molecule has 0 bridgehead atoms. The van der Waals surface area contributed by atoms with Crippen molar-refractivity contribution >= 4 is 38.4 Å². The van der Waals surface area contributed by atoms with Crippen LogP contribution in [0.15, 0.2) is 36.5 Å². The van der Waals surface area contributed by atoms with Crippen molar-refractivity contribution in [3.63, 3.8) is 0 Å². The van der Waals surface area contributed by atoms with E-state index < -0.39 is 5.24 Å². The summed E-state index contributed by atoms with van der Waals surface area (Å²) in [5.41, 5.74) is 2.22. The van der Waals surface area contributed by atoms with Crippen molar-refractivity contribution < 1.29 is 9.53 Å². The van der Waals surface area contributed by atoms with E-state index in [1.54, 1.807) is 37.6 Å². The maximum Gasteiger partial charge on any atom is 0.252 e. The molecule has 0 aliphatic carbocycles. The minimum Gasteiger partial charge on any atom is -0.481 e. The van der Waals surface area contributed by atoms with Crippen LogP contribution in [-0.2, 0) is 0 Å². The van der Waals surface area contributed by atoms with Crippen LogP contribution in [0.25, 0.3) is 20.8 Å². The molecule has 0 amide bonds. The maximum absolute atomic E-state index is 11.2. The maximum atomic E-state index is 11.2. The molecule has 0 N–H and O–H groups in total. The first kappa shape index (κ1) is 13.0. The Morgan fingerprint density at radius 3 is 2.80 bits per heavy atom. The Bertz CT molecular complexity index is 783. The Kier molecular flexibility index (Phi) is 3.38. The Balaban J connectivity index is 2.05. The van der Waals surface area contributed by atoms with Crippen molar-refractivity contribution in [1.82, 2.24) is 9.97 Å². The van der Waals surface area contributed by atoms with Gasteiger partial charge in [0.05, 0.1) is 17.3 Å². The zero-order valence-corrected chi connectivity index (χ0v) is 12.0. The first-order valence-corrected chi connectivity index (χ1v) is 6.97. The number of halogens is 1. The van der Waals surface area contributed by atoms with E-state index in [-0.39, 0.29) is 0 Å². The molecule has 0 spiro atoms. The fourth-order valence-electron chi connectivity index (χ4n) is 1.80.